The first-order valence-corrected chi connectivity index (χ1v) is 9.21. The van der Waals surface area contributed by atoms with Gasteiger partial charge in [0.2, 0.25) is 11.8 Å². The molecule has 0 bridgehead atoms. The van der Waals surface area contributed by atoms with Crippen LogP contribution in [0.15, 0.2) is 30.3 Å². The molecule has 2 rings (SSSR count). The summed E-state index contributed by atoms with van der Waals surface area (Å²) in [4.78, 5) is 37.0. The SMILES string of the molecule is O=C(CSCC(=O)N1CCOCC1)N[C@H](Cc1ccccc1)C(=O)O. The highest BCUT2D eigenvalue weighted by molar-refractivity contribution is 8.00. The fraction of sp³-hybridized carbons (Fsp3) is 0.471. The molecule has 0 radical (unpaired) electrons. The lowest BCUT2D eigenvalue weighted by molar-refractivity contribution is -0.141. The van der Waals surface area contributed by atoms with E-state index in [9.17, 15) is 19.5 Å². The van der Waals surface area contributed by atoms with Gasteiger partial charge in [-0.2, -0.15) is 0 Å². The Hall–Kier alpha value is -2.06. The number of amides is 2. The number of carboxylic acid groups (broad SMARTS) is 1. The molecule has 7 nitrogen and oxygen atoms in total. The average Bonchev–Trinajstić information content (AvgIpc) is 2.62. The van der Waals surface area contributed by atoms with Gasteiger partial charge in [-0.25, -0.2) is 4.79 Å². The van der Waals surface area contributed by atoms with Gasteiger partial charge in [-0.1, -0.05) is 30.3 Å². The van der Waals surface area contributed by atoms with E-state index in [0.29, 0.717) is 26.3 Å². The number of ether oxygens (including phenoxy) is 1. The maximum atomic E-state index is 12.0. The number of nitrogens with zero attached hydrogens (tertiary/aromatic N) is 1. The molecule has 8 heteroatoms. The van der Waals surface area contributed by atoms with E-state index in [1.165, 1.54) is 11.8 Å². The summed E-state index contributed by atoms with van der Waals surface area (Å²) in [7, 11) is 0. The Morgan fingerprint density at radius 1 is 1.16 bits per heavy atom. The van der Waals surface area contributed by atoms with Crippen molar-refractivity contribution in [2.45, 2.75) is 12.5 Å². The third-order valence-electron chi connectivity index (χ3n) is 3.74. The zero-order valence-corrected chi connectivity index (χ0v) is 14.7. The van der Waals surface area contributed by atoms with Crippen molar-refractivity contribution in [3.63, 3.8) is 0 Å². The summed E-state index contributed by atoms with van der Waals surface area (Å²) in [6, 6.07) is 8.15. The quantitative estimate of drug-likeness (QED) is 0.691. The van der Waals surface area contributed by atoms with Gasteiger partial charge in [0.05, 0.1) is 24.7 Å². The van der Waals surface area contributed by atoms with Crippen molar-refractivity contribution >= 4 is 29.5 Å². The van der Waals surface area contributed by atoms with Gasteiger partial charge >= 0.3 is 5.97 Å². The molecule has 0 spiro atoms. The zero-order chi connectivity index (χ0) is 18.1. The maximum Gasteiger partial charge on any atom is 0.326 e. The van der Waals surface area contributed by atoms with E-state index < -0.39 is 12.0 Å². The molecule has 1 aliphatic heterocycles. The van der Waals surface area contributed by atoms with Crippen molar-refractivity contribution in [3.05, 3.63) is 35.9 Å². The van der Waals surface area contributed by atoms with Crippen LogP contribution >= 0.6 is 11.8 Å². The lowest BCUT2D eigenvalue weighted by Gasteiger charge is -2.26. The fourth-order valence-corrected chi connectivity index (χ4v) is 3.15. The molecule has 1 saturated heterocycles. The monoisotopic (exact) mass is 366 g/mol. The van der Waals surface area contributed by atoms with Crippen molar-refractivity contribution in [2.75, 3.05) is 37.8 Å². The van der Waals surface area contributed by atoms with Gasteiger partial charge in [0.15, 0.2) is 0 Å². The number of carbonyl (C=O) groups is 3. The van der Waals surface area contributed by atoms with Gasteiger partial charge in [-0.05, 0) is 5.56 Å². The summed E-state index contributed by atoms with van der Waals surface area (Å²) in [6.45, 7) is 2.22. The van der Waals surface area contributed by atoms with Crippen LogP contribution in [0.25, 0.3) is 0 Å². The first kappa shape index (κ1) is 19.3. The summed E-state index contributed by atoms with van der Waals surface area (Å²) in [6.07, 6.45) is 0.222. The second-order valence-corrected chi connectivity index (χ2v) is 6.62. The number of benzene rings is 1. The zero-order valence-electron chi connectivity index (χ0n) is 13.8. The number of nitrogens with one attached hydrogen (secondary N) is 1. The lowest BCUT2D eigenvalue weighted by atomic mass is 10.1. The van der Waals surface area contributed by atoms with E-state index in [1.54, 1.807) is 4.90 Å². The van der Waals surface area contributed by atoms with Crippen LogP contribution in [0.4, 0.5) is 0 Å². The van der Waals surface area contributed by atoms with Crippen LogP contribution in [-0.2, 0) is 25.5 Å². The Morgan fingerprint density at radius 2 is 1.84 bits per heavy atom. The highest BCUT2D eigenvalue weighted by Gasteiger charge is 2.21. The molecule has 1 aliphatic rings. The molecular weight excluding hydrogens is 344 g/mol. The van der Waals surface area contributed by atoms with E-state index in [-0.39, 0.29) is 29.7 Å². The number of hydrogen-bond acceptors (Lipinski definition) is 5. The van der Waals surface area contributed by atoms with E-state index in [4.69, 9.17) is 4.74 Å². The topological polar surface area (TPSA) is 95.9 Å². The average molecular weight is 366 g/mol. The Kier molecular flexibility index (Phi) is 7.75. The standard InChI is InChI=1S/C17H22N2O5S/c20-15(11-25-12-16(21)19-6-8-24-9-7-19)18-14(17(22)23)10-13-4-2-1-3-5-13/h1-5,14H,6-12H2,(H,18,20)(H,22,23)/t14-/m1/s1. The summed E-state index contributed by atoms with van der Waals surface area (Å²) in [5.74, 6) is -1.24. The molecule has 0 aromatic heterocycles. The van der Waals surface area contributed by atoms with Gasteiger partial charge in [0.25, 0.3) is 0 Å². The Balaban J connectivity index is 1.73. The molecule has 2 N–H and O–H groups in total. The smallest absolute Gasteiger partial charge is 0.326 e. The number of thioether (sulfide) groups is 1. The predicted octanol–water partition coefficient (Wildman–Crippen LogP) is 0.391. The molecule has 1 fully saturated rings. The third-order valence-corrected chi connectivity index (χ3v) is 4.66. The minimum atomic E-state index is -1.08. The highest BCUT2D eigenvalue weighted by Crippen LogP contribution is 2.07. The minimum Gasteiger partial charge on any atom is -0.480 e. The van der Waals surface area contributed by atoms with Crippen LogP contribution in [-0.4, -0.2) is 71.6 Å². The third kappa shape index (κ3) is 6.75. The van der Waals surface area contributed by atoms with Crippen molar-refractivity contribution in [1.82, 2.24) is 10.2 Å². The van der Waals surface area contributed by atoms with Crippen LogP contribution in [0.5, 0.6) is 0 Å². The Morgan fingerprint density at radius 3 is 2.48 bits per heavy atom. The van der Waals surface area contributed by atoms with Gasteiger partial charge in [-0.3, -0.25) is 9.59 Å². The number of carbonyl (C=O) groups excluding carboxylic acids is 2. The molecule has 136 valence electrons. The van der Waals surface area contributed by atoms with Gasteiger partial charge < -0.3 is 20.1 Å². The molecule has 25 heavy (non-hydrogen) atoms. The highest BCUT2D eigenvalue weighted by atomic mass is 32.2. The summed E-state index contributed by atoms with van der Waals surface area (Å²) < 4.78 is 5.19. The fourth-order valence-electron chi connectivity index (χ4n) is 2.42. The van der Waals surface area contributed by atoms with Crippen LogP contribution in [0.2, 0.25) is 0 Å². The van der Waals surface area contributed by atoms with E-state index in [1.807, 2.05) is 30.3 Å². The molecule has 0 aliphatic carbocycles. The van der Waals surface area contributed by atoms with Crippen molar-refractivity contribution < 1.29 is 24.2 Å². The number of rotatable bonds is 8. The molecule has 1 aromatic rings. The predicted molar refractivity (Wildman–Crippen MR) is 94.4 cm³/mol. The van der Waals surface area contributed by atoms with Gasteiger partial charge in [-0.15, -0.1) is 11.8 Å². The van der Waals surface area contributed by atoms with Crippen LogP contribution in [0, 0.1) is 0 Å². The first-order valence-electron chi connectivity index (χ1n) is 8.05. The van der Waals surface area contributed by atoms with E-state index >= 15 is 0 Å². The molecule has 1 aromatic carbocycles. The number of aliphatic carboxylic acids is 1. The number of carboxylic acids is 1. The first-order chi connectivity index (χ1) is 12.1. The molecular formula is C17H22N2O5S. The van der Waals surface area contributed by atoms with Crippen molar-refractivity contribution in [1.29, 1.82) is 0 Å². The van der Waals surface area contributed by atoms with Gasteiger partial charge in [0.1, 0.15) is 6.04 Å². The second-order valence-electron chi connectivity index (χ2n) is 5.63. The van der Waals surface area contributed by atoms with Crippen LogP contribution in [0.1, 0.15) is 5.56 Å². The van der Waals surface area contributed by atoms with E-state index in [0.717, 1.165) is 5.56 Å². The minimum absolute atomic E-state index is 0.0276. The molecule has 1 heterocycles. The lowest BCUT2D eigenvalue weighted by Crippen LogP contribution is -2.43. The molecule has 0 unspecified atom stereocenters. The molecule has 2 amide bonds. The van der Waals surface area contributed by atoms with Crippen molar-refractivity contribution in [2.24, 2.45) is 0 Å². The number of morpholine rings is 1. The number of hydrogen-bond donors (Lipinski definition) is 2. The normalized spacial score (nSPS) is 15.4. The molecule has 0 saturated carbocycles. The maximum absolute atomic E-state index is 12.0. The molecule has 1 atom stereocenters. The Bertz CT molecular complexity index is 590. The summed E-state index contributed by atoms with van der Waals surface area (Å²) in [5, 5.41) is 11.8. The van der Waals surface area contributed by atoms with Crippen LogP contribution < -0.4 is 5.32 Å². The summed E-state index contributed by atoms with van der Waals surface area (Å²) >= 11 is 1.19. The Labute approximate surface area is 150 Å². The largest absolute Gasteiger partial charge is 0.480 e. The van der Waals surface area contributed by atoms with E-state index in [2.05, 4.69) is 5.32 Å². The van der Waals surface area contributed by atoms with Crippen molar-refractivity contribution in [3.8, 4) is 0 Å². The second kappa shape index (κ2) is 10.0. The summed E-state index contributed by atoms with van der Waals surface area (Å²) in [5.41, 5.74) is 0.838. The van der Waals surface area contributed by atoms with Crippen LogP contribution in [0.3, 0.4) is 0 Å². The van der Waals surface area contributed by atoms with Gasteiger partial charge in [0, 0.05) is 19.5 Å².